The Morgan fingerprint density at radius 3 is 2.54 bits per heavy atom. The average molecular weight is 708 g/mol. The predicted molar refractivity (Wildman–Crippen MR) is 223 cm³/mol. The van der Waals surface area contributed by atoms with Crippen molar-refractivity contribution in [1.29, 1.82) is 0 Å². The van der Waals surface area contributed by atoms with Gasteiger partial charge in [-0.3, -0.25) is 0 Å². The highest BCUT2D eigenvalue weighted by Crippen LogP contribution is 2.49. The lowest BCUT2D eigenvalue weighted by Gasteiger charge is -2.32. The first-order valence-electron chi connectivity index (χ1n) is 18.6. The van der Waals surface area contributed by atoms with Crippen LogP contribution in [0.25, 0.3) is 47.6 Å². The van der Waals surface area contributed by atoms with Gasteiger partial charge in [-0.25, -0.2) is 0 Å². The Kier molecular flexibility index (Phi) is 7.16. The van der Waals surface area contributed by atoms with E-state index in [4.69, 9.17) is 4.74 Å². The Bertz CT molecular complexity index is 2780. The van der Waals surface area contributed by atoms with Crippen LogP contribution in [0, 0.1) is 0 Å². The van der Waals surface area contributed by atoms with Crippen LogP contribution in [0.3, 0.4) is 0 Å². The van der Waals surface area contributed by atoms with Crippen LogP contribution in [0.2, 0.25) is 0 Å². The largest absolute Gasteiger partial charge is 0.483 e. The summed E-state index contributed by atoms with van der Waals surface area (Å²) in [5, 5.41) is 5.49. The lowest BCUT2D eigenvalue weighted by atomic mass is 9.89. The van der Waals surface area contributed by atoms with E-state index in [1.807, 2.05) is 22.7 Å². The van der Waals surface area contributed by atoms with E-state index >= 15 is 0 Å². The minimum absolute atomic E-state index is 0.0373. The van der Waals surface area contributed by atoms with Crippen molar-refractivity contribution in [1.82, 2.24) is 0 Å². The molecule has 11 rings (SSSR count). The van der Waals surface area contributed by atoms with E-state index in [0.29, 0.717) is 5.92 Å². The molecule has 0 amide bonds. The predicted octanol–water partition coefficient (Wildman–Crippen LogP) is 11.8. The van der Waals surface area contributed by atoms with Gasteiger partial charge in [-0.2, -0.15) is 0 Å². The van der Waals surface area contributed by atoms with E-state index in [9.17, 15) is 0 Å². The zero-order chi connectivity index (χ0) is 34.2. The summed E-state index contributed by atoms with van der Waals surface area (Å²) in [7, 11) is 0. The molecule has 3 heterocycles. The summed E-state index contributed by atoms with van der Waals surface area (Å²) >= 11 is 3.86. The number of thiophene rings is 2. The molecule has 0 fully saturated rings. The summed E-state index contributed by atoms with van der Waals surface area (Å²) in [5.74, 6) is 1.59. The monoisotopic (exact) mass is 707 g/mol. The van der Waals surface area contributed by atoms with Crippen molar-refractivity contribution in [2.24, 2.45) is 0 Å². The second-order valence-corrected chi connectivity index (χ2v) is 16.6. The van der Waals surface area contributed by atoms with Gasteiger partial charge in [0.05, 0.1) is 10.2 Å². The fourth-order valence-electron chi connectivity index (χ4n) is 8.94. The van der Waals surface area contributed by atoms with Crippen molar-refractivity contribution in [2.45, 2.75) is 50.0 Å². The van der Waals surface area contributed by atoms with Gasteiger partial charge in [-0.05, 0) is 90.4 Å². The van der Waals surface area contributed by atoms with E-state index in [0.717, 1.165) is 43.5 Å². The number of allylic oxidation sites excluding steroid dienone is 9. The fraction of sp³-hybridized carbons (Fsp3) is 0.167. The molecule has 3 atom stereocenters. The normalized spacial score (nSPS) is 21.5. The van der Waals surface area contributed by atoms with E-state index in [2.05, 4.69) is 151 Å². The second-order valence-electron chi connectivity index (χ2n) is 14.4. The molecule has 4 aliphatic carbocycles. The molecular formula is C48H37NOS2. The highest BCUT2D eigenvalue weighted by molar-refractivity contribution is 7.25. The summed E-state index contributed by atoms with van der Waals surface area (Å²) in [6.07, 6.45) is 30.8. The number of rotatable bonds is 5. The molecule has 3 unspecified atom stereocenters. The average Bonchev–Trinajstić information content (AvgIpc) is 3.90. The molecule has 0 saturated heterocycles. The van der Waals surface area contributed by atoms with E-state index in [1.54, 1.807) is 0 Å². The smallest absolute Gasteiger partial charge is 0.148 e. The van der Waals surface area contributed by atoms with Crippen molar-refractivity contribution in [3.05, 3.63) is 172 Å². The summed E-state index contributed by atoms with van der Waals surface area (Å²) < 4.78 is 12.3. The molecule has 252 valence electrons. The maximum Gasteiger partial charge on any atom is 0.148 e. The number of hydrogen-bond acceptors (Lipinski definition) is 4. The Morgan fingerprint density at radius 1 is 0.712 bits per heavy atom. The van der Waals surface area contributed by atoms with Gasteiger partial charge in [0.25, 0.3) is 0 Å². The molecule has 5 aliphatic rings. The molecule has 2 aromatic heterocycles. The number of para-hydroxylation sites is 1. The third-order valence-electron chi connectivity index (χ3n) is 11.5. The first kappa shape index (κ1) is 30.5. The Balaban J connectivity index is 1.06. The van der Waals surface area contributed by atoms with E-state index < -0.39 is 0 Å². The molecule has 0 radical (unpaired) electrons. The molecule has 2 nitrogen and oxygen atoms in total. The summed E-state index contributed by atoms with van der Waals surface area (Å²) in [6, 6.07) is 29.6. The zero-order valence-electron chi connectivity index (χ0n) is 28.8. The minimum Gasteiger partial charge on any atom is -0.483 e. The first-order chi connectivity index (χ1) is 25.8. The van der Waals surface area contributed by atoms with E-state index in [1.165, 1.54) is 73.7 Å². The second kappa shape index (κ2) is 12.2. The highest BCUT2D eigenvalue weighted by atomic mass is 32.1. The number of benzene rings is 4. The molecule has 1 aliphatic heterocycles. The number of nitrogens with zero attached hydrogens (tertiary/aromatic N) is 1. The van der Waals surface area contributed by atoms with Gasteiger partial charge in [0.15, 0.2) is 0 Å². The SMILES string of the molecule is C1=CC2Oc3c(cccc3N(C3=CCC(c4ccc5sc6ccccc6c5c4)C=C3)C3=c4sc5c(C6=CCCC=C6)cccc5c4=CCC3)C2C=C1. The standard InChI is InChI=1S/C48H37NOS2/c1-2-11-31(12-3-1)34-15-8-17-38-39-18-10-20-42(48(39)52-47(34)38)49(41-19-9-16-37-35-13-4-6-21-43(35)50-46(37)41)33-26-23-30(24-27-33)32-25-28-45-40(29-32)36-14-5-7-22-44(36)51-45/h2,4-9,11-19,21-23,25-30,35,43H,1,3,10,20,24H2. The minimum atomic E-state index is 0.0373. The van der Waals surface area contributed by atoms with Crippen LogP contribution in [-0.4, -0.2) is 6.10 Å². The summed E-state index contributed by atoms with van der Waals surface area (Å²) in [4.78, 5) is 2.56. The number of ether oxygens (including phenoxy) is 1. The van der Waals surface area contributed by atoms with Crippen LogP contribution in [0.5, 0.6) is 5.75 Å². The molecule has 52 heavy (non-hydrogen) atoms. The molecular weight excluding hydrogens is 671 g/mol. The van der Waals surface area contributed by atoms with Gasteiger partial charge < -0.3 is 9.64 Å². The van der Waals surface area contributed by atoms with Gasteiger partial charge in [-0.15, -0.1) is 22.7 Å². The molecule has 0 bridgehead atoms. The quantitative estimate of drug-likeness (QED) is 0.177. The lowest BCUT2D eigenvalue weighted by molar-refractivity contribution is 0.269. The molecule has 6 aromatic rings. The first-order valence-corrected chi connectivity index (χ1v) is 20.3. The number of fused-ring (bicyclic) bond motifs is 9. The number of anilines is 1. The van der Waals surface area contributed by atoms with Gasteiger partial charge >= 0.3 is 0 Å². The third-order valence-corrected chi connectivity index (χ3v) is 13.9. The summed E-state index contributed by atoms with van der Waals surface area (Å²) in [5.41, 5.74) is 9.11. The molecule has 0 saturated carbocycles. The zero-order valence-corrected chi connectivity index (χ0v) is 30.4. The van der Waals surface area contributed by atoms with Crippen LogP contribution >= 0.6 is 22.7 Å². The van der Waals surface area contributed by atoms with Crippen molar-refractivity contribution in [2.75, 3.05) is 4.90 Å². The van der Waals surface area contributed by atoms with Crippen LogP contribution in [0.4, 0.5) is 5.69 Å². The number of hydrogen-bond donors (Lipinski definition) is 0. The third kappa shape index (κ3) is 4.81. The van der Waals surface area contributed by atoms with Crippen molar-refractivity contribution >= 4 is 76.0 Å². The lowest BCUT2D eigenvalue weighted by Crippen LogP contribution is -2.34. The van der Waals surface area contributed by atoms with Crippen LogP contribution in [0.15, 0.2) is 145 Å². The maximum atomic E-state index is 6.85. The van der Waals surface area contributed by atoms with Crippen molar-refractivity contribution in [3.63, 3.8) is 0 Å². The van der Waals surface area contributed by atoms with Gasteiger partial charge in [-0.1, -0.05) is 109 Å². The van der Waals surface area contributed by atoms with Gasteiger partial charge in [0.1, 0.15) is 11.9 Å². The highest BCUT2D eigenvalue weighted by Gasteiger charge is 2.36. The molecule has 0 N–H and O–H groups in total. The Morgan fingerprint density at radius 2 is 1.62 bits per heavy atom. The Hall–Kier alpha value is -5.16. The topological polar surface area (TPSA) is 12.5 Å². The summed E-state index contributed by atoms with van der Waals surface area (Å²) in [6.45, 7) is 0. The fourth-order valence-corrected chi connectivity index (χ4v) is 11.4. The van der Waals surface area contributed by atoms with Gasteiger partial charge in [0, 0.05) is 59.1 Å². The molecule has 0 spiro atoms. The van der Waals surface area contributed by atoms with Crippen molar-refractivity contribution in [3.8, 4) is 5.75 Å². The van der Waals surface area contributed by atoms with Gasteiger partial charge in [0.2, 0.25) is 0 Å². The van der Waals surface area contributed by atoms with Crippen molar-refractivity contribution < 1.29 is 4.74 Å². The molecule has 4 heteroatoms. The van der Waals surface area contributed by atoms with Crippen LogP contribution in [0.1, 0.15) is 60.6 Å². The maximum absolute atomic E-state index is 6.85. The van der Waals surface area contributed by atoms with Crippen LogP contribution in [-0.2, 0) is 0 Å². The molecule has 4 aromatic carbocycles. The Labute approximate surface area is 311 Å². The van der Waals surface area contributed by atoms with E-state index in [-0.39, 0.29) is 12.0 Å². The van der Waals surface area contributed by atoms with Crippen LogP contribution < -0.4 is 19.4 Å².